The molecule has 5 heteroatoms. The Bertz CT molecular complexity index is 546. The van der Waals surface area contributed by atoms with Crippen LogP contribution < -0.4 is 0 Å². The number of rotatable bonds is 6. The van der Waals surface area contributed by atoms with E-state index in [-0.39, 0.29) is 11.8 Å². The molecule has 2 rings (SSSR count). The second-order valence-electron chi connectivity index (χ2n) is 6.57. The van der Waals surface area contributed by atoms with E-state index in [4.69, 9.17) is 0 Å². The van der Waals surface area contributed by atoms with Gasteiger partial charge in [-0.2, -0.15) is 0 Å². The van der Waals surface area contributed by atoms with Crippen LogP contribution in [0.2, 0.25) is 0 Å². The number of carbonyl (C=O) groups excluding carboxylic acids is 2. The van der Waals surface area contributed by atoms with Gasteiger partial charge in [-0.15, -0.1) is 0 Å². The summed E-state index contributed by atoms with van der Waals surface area (Å²) in [5, 5.41) is 9.33. The van der Waals surface area contributed by atoms with Gasteiger partial charge in [0, 0.05) is 32.6 Å². The van der Waals surface area contributed by atoms with Crippen LogP contribution in [-0.2, 0) is 16.0 Å². The number of hydrogen-bond donors (Lipinski definition) is 1. The molecule has 1 atom stereocenters. The molecule has 1 fully saturated rings. The lowest BCUT2D eigenvalue weighted by molar-refractivity contribution is -0.144. The number of aliphatic hydroxyl groups is 1. The molecule has 1 heterocycles. The van der Waals surface area contributed by atoms with Gasteiger partial charge in [0.15, 0.2) is 0 Å². The van der Waals surface area contributed by atoms with Crippen molar-refractivity contribution in [1.82, 2.24) is 9.80 Å². The van der Waals surface area contributed by atoms with Crippen molar-refractivity contribution in [2.24, 2.45) is 0 Å². The Labute approximate surface area is 144 Å². The largest absolute Gasteiger partial charge is 0.384 e. The standard InChI is InChI=1S/C19H28N2O3/c1-15-7-9-17(10-8-15)5-3-4-6-18(23)20-11-13-21(14-12-20)19(24)16(2)22/h7-10,16,22H,3-6,11-14H2,1-2H3. The van der Waals surface area contributed by atoms with Crippen molar-refractivity contribution in [2.75, 3.05) is 26.2 Å². The van der Waals surface area contributed by atoms with Crippen molar-refractivity contribution in [3.63, 3.8) is 0 Å². The lowest BCUT2D eigenvalue weighted by atomic mass is 10.1. The van der Waals surface area contributed by atoms with E-state index >= 15 is 0 Å². The maximum absolute atomic E-state index is 12.2. The zero-order chi connectivity index (χ0) is 17.5. The molecule has 0 aliphatic carbocycles. The number of amides is 2. The van der Waals surface area contributed by atoms with Gasteiger partial charge in [-0.05, 0) is 38.7 Å². The summed E-state index contributed by atoms with van der Waals surface area (Å²) >= 11 is 0. The van der Waals surface area contributed by atoms with Crippen molar-refractivity contribution in [2.45, 2.75) is 45.6 Å². The lowest BCUT2D eigenvalue weighted by Gasteiger charge is -2.35. The average Bonchev–Trinajstić information content (AvgIpc) is 2.59. The second-order valence-corrected chi connectivity index (χ2v) is 6.57. The van der Waals surface area contributed by atoms with Crippen molar-refractivity contribution < 1.29 is 14.7 Å². The normalized spacial score (nSPS) is 16.1. The first kappa shape index (κ1) is 18.5. The quantitative estimate of drug-likeness (QED) is 0.808. The van der Waals surface area contributed by atoms with Crippen LogP contribution in [0.4, 0.5) is 0 Å². The molecule has 1 aliphatic rings. The Kier molecular flexibility index (Phi) is 6.79. The zero-order valence-electron chi connectivity index (χ0n) is 14.7. The van der Waals surface area contributed by atoms with Crippen LogP contribution in [0.3, 0.4) is 0 Å². The maximum atomic E-state index is 12.2. The van der Waals surface area contributed by atoms with Crippen molar-refractivity contribution >= 4 is 11.8 Å². The van der Waals surface area contributed by atoms with E-state index in [0.717, 1.165) is 19.3 Å². The minimum absolute atomic E-state index is 0.169. The van der Waals surface area contributed by atoms with E-state index in [1.54, 1.807) is 4.90 Å². The molecule has 1 N–H and O–H groups in total. The van der Waals surface area contributed by atoms with Gasteiger partial charge in [-0.1, -0.05) is 29.8 Å². The summed E-state index contributed by atoms with van der Waals surface area (Å²) in [7, 11) is 0. The van der Waals surface area contributed by atoms with E-state index in [9.17, 15) is 14.7 Å². The number of unbranched alkanes of at least 4 members (excludes halogenated alkanes) is 1. The number of benzene rings is 1. The number of aryl methyl sites for hydroxylation is 2. The molecule has 1 aromatic rings. The first-order valence-electron chi connectivity index (χ1n) is 8.77. The van der Waals surface area contributed by atoms with Crippen molar-refractivity contribution in [1.29, 1.82) is 0 Å². The van der Waals surface area contributed by atoms with Crippen LogP contribution in [0.15, 0.2) is 24.3 Å². The first-order chi connectivity index (χ1) is 11.5. The first-order valence-corrected chi connectivity index (χ1v) is 8.77. The third kappa shape index (κ3) is 5.34. The van der Waals surface area contributed by atoms with E-state index in [2.05, 4.69) is 31.2 Å². The molecule has 132 valence electrons. The summed E-state index contributed by atoms with van der Waals surface area (Å²) in [5.74, 6) is -0.0803. The van der Waals surface area contributed by atoms with E-state index in [1.165, 1.54) is 18.1 Å². The lowest BCUT2D eigenvalue weighted by Crippen LogP contribution is -2.52. The average molecular weight is 332 g/mol. The van der Waals surface area contributed by atoms with E-state index < -0.39 is 6.10 Å². The SMILES string of the molecule is Cc1ccc(CCCCC(=O)N2CCN(C(=O)C(C)O)CC2)cc1. The van der Waals surface area contributed by atoms with E-state index in [1.807, 2.05) is 4.90 Å². The fourth-order valence-corrected chi connectivity index (χ4v) is 2.96. The topological polar surface area (TPSA) is 60.9 Å². The number of carbonyl (C=O) groups is 2. The van der Waals surface area contributed by atoms with E-state index in [0.29, 0.717) is 32.6 Å². The highest BCUT2D eigenvalue weighted by Gasteiger charge is 2.25. The summed E-state index contributed by atoms with van der Waals surface area (Å²) in [6.45, 7) is 5.72. The van der Waals surface area contributed by atoms with Crippen LogP contribution in [-0.4, -0.2) is 59.0 Å². The maximum Gasteiger partial charge on any atom is 0.251 e. The fraction of sp³-hybridized carbons (Fsp3) is 0.579. The third-order valence-electron chi connectivity index (χ3n) is 4.53. The molecule has 2 amide bonds. The molecular formula is C19H28N2O3. The molecule has 1 unspecified atom stereocenters. The predicted molar refractivity (Wildman–Crippen MR) is 93.6 cm³/mol. The highest BCUT2D eigenvalue weighted by molar-refractivity contribution is 5.81. The van der Waals surface area contributed by atoms with Gasteiger partial charge < -0.3 is 14.9 Å². The monoisotopic (exact) mass is 332 g/mol. The van der Waals surface area contributed by atoms with Gasteiger partial charge in [0.1, 0.15) is 6.10 Å². The van der Waals surface area contributed by atoms with Gasteiger partial charge in [0.2, 0.25) is 5.91 Å². The summed E-state index contributed by atoms with van der Waals surface area (Å²) < 4.78 is 0. The van der Waals surface area contributed by atoms with Crippen LogP contribution in [0.1, 0.15) is 37.3 Å². The fourth-order valence-electron chi connectivity index (χ4n) is 2.96. The second kappa shape index (κ2) is 8.83. The summed E-state index contributed by atoms with van der Waals surface area (Å²) in [5.41, 5.74) is 2.58. The summed E-state index contributed by atoms with van der Waals surface area (Å²) in [6, 6.07) is 8.54. The highest BCUT2D eigenvalue weighted by Crippen LogP contribution is 2.11. The van der Waals surface area contributed by atoms with Crippen molar-refractivity contribution in [3.8, 4) is 0 Å². The van der Waals surface area contributed by atoms with Crippen LogP contribution in [0.25, 0.3) is 0 Å². The van der Waals surface area contributed by atoms with Gasteiger partial charge in [-0.25, -0.2) is 0 Å². The predicted octanol–water partition coefficient (Wildman–Crippen LogP) is 1.76. The molecule has 24 heavy (non-hydrogen) atoms. The van der Waals surface area contributed by atoms with Crippen LogP contribution in [0, 0.1) is 6.92 Å². The smallest absolute Gasteiger partial charge is 0.251 e. The Morgan fingerprint density at radius 3 is 2.21 bits per heavy atom. The molecule has 0 aromatic heterocycles. The Morgan fingerprint density at radius 1 is 1.04 bits per heavy atom. The van der Waals surface area contributed by atoms with Gasteiger partial charge in [-0.3, -0.25) is 9.59 Å². The number of nitrogens with zero attached hydrogens (tertiary/aromatic N) is 2. The van der Waals surface area contributed by atoms with Gasteiger partial charge in [0.25, 0.3) is 5.91 Å². The third-order valence-corrected chi connectivity index (χ3v) is 4.53. The number of aliphatic hydroxyl groups excluding tert-OH is 1. The highest BCUT2D eigenvalue weighted by atomic mass is 16.3. The van der Waals surface area contributed by atoms with Crippen LogP contribution >= 0.6 is 0 Å². The molecular weight excluding hydrogens is 304 g/mol. The van der Waals surface area contributed by atoms with Gasteiger partial charge in [0.05, 0.1) is 0 Å². The molecule has 1 aromatic carbocycles. The Balaban J connectivity index is 1.65. The Hall–Kier alpha value is -1.88. The molecule has 0 radical (unpaired) electrons. The molecule has 0 spiro atoms. The zero-order valence-corrected chi connectivity index (χ0v) is 14.7. The van der Waals surface area contributed by atoms with Crippen LogP contribution in [0.5, 0.6) is 0 Å². The number of piperazine rings is 1. The molecule has 0 bridgehead atoms. The Morgan fingerprint density at radius 2 is 1.62 bits per heavy atom. The van der Waals surface area contributed by atoms with Gasteiger partial charge >= 0.3 is 0 Å². The molecule has 5 nitrogen and oxygen atoms in total. The molecule has 1 saturated heterocycles. The number of hydrogen-bond acceptors (Lipinski definition) is 3. The van der Waals surface area contributed by atoms with Crippen molar-refractivity contribution in [3.05, 3.63) is 35.4 Å². The summed E-state index contributed by atoms with van der Waals surface area (Å²) in [4.78, 5) is 27.4. The summed E-state index contributed by atoms with van der Waals surface area (Å²) in [6.07, 6.45) is 2.50. The minimum atomic E-state index is -0.964. The minimum Gasteiger partial charge on any atom is -0.384 e. The molecule has 1 aliphatic heterocycles. The molecule has 0 saturated carbocycles.